The summed E-state index contributed by atoms with van der Waals surface area (Å²) in [5, 5.41) is 24.7. The van der Waals surface area contributed by atoms with E-state index in [0.29, 0.717) is 0 Å². The maximum absolute atomic E-state index is 12.8. The van der Waals surface area contributed by atoms with E-state index in [1.807, 2.05) is 0 Å². The average Bonchev–Trinajstić information content (AvgIpc) is 2.68. The molecule has 4 atom stereocenters. The fourth-order valence-electron chi connectivity index (χ4n) is 2.76. The van der Waals surface area contributed by atoms with Gasteiger partial charge >= 0.3 is 11.9 Å². The number of hydrogen-bond donors (Lipinski definition) is 8. The number of nitrogens with one attached hydrogen (secondary N) is 3. The molecule has 11 N–H and O–H groups in total. The van der Waals surface area contributed by atoms with E-state index in [2.05, 4.69) is 16.0 Å². The molecule has 0 aromatic carbocycles. The van der Waals surface area contributed by atoms with E-state index in [4.69, 9.17) is 22.3 Å². The summed E-state index contributed by atoms with van der Waals surface area (Å²) in [7, 11) is 0. The van der Waals surface area contributed by atoms with E-state index >= 15 is 0 Å². The van der Waals surface area contributed by atoms with Gasteiger partial charge in [-0.05, 0) is 18.8 Å². The number of amides is 5. The van der Waals surface area contributed by atoms with Crippen LogP contribution in [0.25, 0.3) is 0 Å². The zero-order valence-corrected chi connectivity index (χ0v) is 18.9. The molecule has 0 unspecified atom stereocenters. The first-order valence-corrected chi connectivity index (χ1v) is 10.3. The number of primary amides is 2. The molecule has 0 saturated heterocycles. The van der Waals surface area contributed by atoms with Crippen molar-refractivity contribution in [1.82, 2.24) is 16.0 Å². The third kappa shape index (κ3) is 12.3. The molecule has 0 aliphatic carbocycles. The third-order valence-electron chi connectivity index (χ3n) is 4.40. The highest BCUT2D eigenvalue weighted by molar-refractivity contribution is 5.96. The van der Waals surface area contributed by atoms with E-state index in [-0.39, 0.29) is 25.2 Å². The van der Waals surface area contributed by atoms with Crippen molar-refractivity contribution in [2.45, 2.75) is 70.1 Å². The molecule has 0 aliphatic rings. The van der Waals surface area contributed by atoms with Crippen LogP contribution in [0.15, 0.2) is 0 Å². The predicted molar refractivity (Wildman–Crippen MR) is 115 cm³/mol. The molecule has 0 aromatic heterocycles. The van der Waals surface area contributed by atoms with Gasteiger partial charge in [0.2, 0.25) is 29.5 Å². The lowest BCUT2D eigenvalue weighted by Crippen LogP contribution is -2.58. The Morgan fingerprint density at radius 3 is 1.68 bits per heavy atom. The van der Waals surface area contributed by atoms with Gasteiger partial charge in [0.05, 0.1) is 18.9 Å². The topological polar surface area (TPSA) is 274 Å². The first-order chi connectivity index (χ1) is 15.6. The van der Waals surface area contributed by atoms with Gasteiger partial charge in [-0.15, -0.1) is 0 Å². The number of carbonyl (C=O) groups excluding carboxylic acids is 5. The number of carbonyl (C=O) groups is 7. The lowest BCUT2D eigenvalue weighted by Gasteiger charge is -2.25. The second-order valence-corrected chi connectivity index (χ2v) is 8.03. The van der Waals surface area contributed by atoms with Gasteiger partial charge in [-0.2, -0.15) is 0 Å². The van der Waals surface area contributed by atoms with Crippen molar-refractivity contribution in [3.05, 3.63) is 0 Å². The van der Waals surface area contributed by atoms with Crippen LogP contribution in [-0.2, 0) is 33.6 Å². The third-order valence-corrected chi connectivity index (χ3v) is 4.40. The van der Waals surface area contributed by atoms with Gasteiger partial charge in [0.1, 0.15) is 18.1 Å². The Bertz CT molecular complexity index is 801. The van der Waals surface area contributed by atoms with Crippen molar-refractivity contribution in [3.8, 4) is 0 Å². The molecule has 0 heterocycles. The Morgan fingerprint density at radius 1 is 0.735 bits per heavy atom. The zero-order valence-electron chi connectivity index (χ0n) is 18.9. The summed E-state index contributed by atoms with van der Waals surface area (Å²) in [5.74, 6) is -7.62. The van der Waals surface area contributed by atoms with Gasteiger partial charge in [0.25, 0.3) is 0 Å². The lowest BCUT2D eigenvalue weighted by molar-refractivity contribution is -0.142. The Hall–Kier alpha value is -3.75. The van der Waals surface area contributed by atoms with Crippen LogP contribution in [0.2, 0.25) is 0 Å². The summed E-state index contributed by atoms with van der Waals surface area (Å²) in [6, 6.07) is -5.82. The summed E-state index contributed by atoms with van der Waals surface area (Å²) in [5.41, 5.74) is 15.6. The van der Waals surface area contributed by atoms with Crippen LogP contribution < -0.4 is 33.2 Å². The van der Waals surface area contributed by atoms with E-state index in [0.717, 1.165) is 0 Å². The number of carboxylic acids is 2. The van der Waals surface area contributed by atoms with Gasteiger partial charge in [-0.25, -0.2) is 4.79 Å². The fraction of sp³-hybridized carbons (Fsp3) is 0.632. The van der Waals surface area contributed by atoms with Gasteiger partial charge in [0.15, 0.2) is 0 Å². The standard InChI is InChI=1S/C19H32N6O9/c1-8(2)5-11(24-16(30)9(20)6-15(28)29)17(31)25-12(7-14(22)27)18(32)23-10(19(33)34)3-4-13(21)26/h8-12H,3-7,20H2,1-2H3,(H2,21,26)(H2,22,27)(H,23,32)(H,24,30)(H,25,31)(H,28,29)(H,33,34)/t9-,10-,11-,12-/m0/s1. The van der Waals surface area contributed by atoms with Crippen molar-refractivity contribution >= 4 is 41.5 Å². The Kier molecular flexibility index (Phi) is 12.8. The van der Waals surface area contributed by atoms with Gasteiger partial charge in [0, 0.05) is 6.42 Å². The van der Waals surface area contributed by atoms with Crippen LogP contribution in [0.3, 0.4) is 0 Å². The minimum Gasteiger partial charge on any atom is -0.481 e. The van der Waals surface area contributed by atoms with Crippen molar-refractivity contribution in [2.75, 3.05) is 0 Å². The molecule has 0 fully saturated rings. The maximum atomic E-state index is 12.8. The van der Waals surface area contributed by atoms with Gasteiger partial charge < -0.3 is 43.4 Å². The molecule has 0 radical (unpaired) electrons. The molecule has 15 heteroatoms. The quantitative estimate of drug-likeness (QED) is 0.106. The van der Waals surface area contributed by atoms with Gasteiger partial charge in [-0.3, -0.25) is 28.8 Å². The van der Waals surface area contributed by atoms with Crippen LogP contribution >= 0.6 is 0 Å². The van der Waals surface area contributed by atoms with E-state index in [1.165, 1.54) is 0 Å². The predicted octanol–water partition coefficient (Wildman–Crippen LogP) is -3.49. The lowest BCUT2D eigenvalue weighted by atomic mass is 10.0. The normalized spacial score (nSPS) is 14.2. The number of hydrogen-bond acceptors (Lipinski definition) is 8. The van der Waals surface area contributed by atoms with Crippen LogP contribution in [-0.4, -0.2) is 75.9 Å². The second kappa shape index (κ2) is 14.4. The molecule has 0 saturated carbocycles. The summed E-state index contributed by atoms with van der Waals surface area (Å²) < 4.78 is 0. The number of nitrogens with two attached hydrogens (primary N) is 3. The molecule has 192 valence electrons. The van der Waals surface area contributed by atoms with Crippen molar-refractivity contribution < 1.29 is 43.8 Å². The highest BCUT2D eigenvalue weighted by Gasteiger charge is 2.31. The molecule has 0 aliphatic heterocycles. The van der Waals surface area contributed by atoms with E-state index in [1.54, 1.807) is 13.8 Å². The number of carboxylic acid groups (broad SMARTS) is 2. The second-order valence-electron chi connectivity index (χ2n) is 8.03. The van der Waals surface area contributed by atoms with Gasteiger partial charge in [-0.1, -0.05) is 13.8 Å². The number of rotatable bonds is 16. The summed E-state index contributed by atoms with van der Waals surface area (Å²) in [4.78, 5) is 82.0. The molecule has 0 aromatic rings. The first-order valence-electron chi connectivity index (χ1n) is 10.3. The van der Waals surface area contributed by atoms with Crippen LogP contribution in [0.5, 0.6) is 0 Å². The van der Waals surface area contributed by atoms with Crippen molar-refractivity contribution in [3.63, 3.8) is 0 Å². The first kappa shape index (κ1) is 30.2. The smallest absolute Gasteiger partial charge is 0.326 e. The van der Waals surface area contributed by atoms with Crippen LogP contribution in [0, 0.1) is 5.92 Å². The molecule has 0 spiro atoms. The molecular formula is C19H32N6O9. The Morgan fingerprint density at radius 2 is 1.24 bits per heavy atom. The molecule has 34 heavy (non-hydrogen) atoms. The van der Waals surface area contributed by atoms with E-state index in [9.17, 15) is 38.7 Å². The van der Waals surface area contributed by atoms with Crippen molar-refractivity contribution in [2.24, 2.45) is 23.1 Å². The van der Waals surface area contributed by atoms with Crippen LogP contribution in [0.4, 0.5) is 0 Å². The SMILES string of the molecule is CC(C)C[C@H](NC(=O)[C@@H](N)CC(=O)O)C(=O)N[C@@H](CC(N)=O)C(=O)N[C@@H](CCC(N)=O)C(=O)O. The van der Waals surface area contributed by atoms with Crippen LogP contribution in [0.1, 0.15) is 46.0 Å². The van der Waals surface area contributed by atoms with Crippen molar-refractivity contribution in [1.29, 1.82) is 0 Å². The molecular weight excluding hydrogens is 456 g/mol. The summed E-state index contributed by atoms with van der Waals surface area (Å²) in [6.45, 7) is 3.46. The highest BCUT2D eigenvalue weighted by atomic mass is 16.4. The molecule has 5 amide bonds. The zero-order chi connectivity index (χ0) is 26.6. The monoisotopic (exact) mass is 488 g/mol. The largest absolute Gasteiger partial charge is 0.481 e. The number of aliphatic carboxylic acids is 2. The molecule has 15 nitrogen and oxygen atoms in total. The summed E-state index contributed by atoms with van der Waals surface area (Å²) in [6.07, 6.45) is -1.99. The Labute approximate surface area is 195 Å². The molecule has 0 bridgehead atoms. The Balaban J connectivity index is 5.54. The minimum absolute atomic E-state index is 0.0681. The maximum Gasteiger partial charge on any atom is 0.326 e. The van der Waals surface area contributed by atoms with E-state index < -0.39 is 78.5 Å². The highest BCUT2D eigenvalue weighted by Crippen LogP contribution is 2.07. The fourth-order valence-corrected chi connectivity index (χ4v) is 2.76. The average molecular weight is 488 g/mol. The minimum atomic E-state index is -1.60. The summed E-state index contributed by atoms with van der Waals surface area (Å²) >= 11 is 0. The molecule has 0 rings (SSSR count).